The van der Waals surface area contributed by atoms with Gasteiger partial charge in [0.1, 0.15) is 0 Å². The van der Waals surface area contributed by atoms with Gasteiger partial charge in [-0.1, -0.05) is 0 Å². The number of rotatable bonds is 1. The van der Waals surface area contributed by atoms with Gasteiger partial charge in [0, 0.05) is 20.2 Å². The van der Waals surface area contributed by atoms with E-state index < -0.39 is 31.6 Å². The van der Waals surface area contributed by atoms with E-state index in [0.717, 1.165) is 0 Å². The van der Waals surface area contributed by atoms with E-state index in [9.17, 15) is 0 Å². The summed E-state index contributed by atoms with van der Waals surface area (Å²) in [6.07, 6.45) is 0. The van der Waals surface area contributed by atoms with E-state index in [1.165, 1.54) is 0 Å². The molecule has 0 fully saturated rings. The maximum atomic E-state index is 9.09. The Balaban J connectivity index is -0.0000000483. The fourth-order valence-electron chi connectivity index (χ4n) is 0. The van der Waals surface area contributed by atoms with Crippen molar-refractivity contribution in [1.29, 1.82) is 0 Å². The van der Waals surface area contributed by atoms with Crippen molar-refractivity contribution in [2.75, 3.05) is 0 Å². The minimum absolute atomic E-state index is 0. The Hall–Kier alpha value is 2.29. The molecule has 0 saturated carbocycles. The molecular weight excluding hydrogens is 254 g/mol. The molecule has 2 atom stereocenters. The molecule has 0 aliphatic rings. The minimum atomic E-state index is -2.95. The summed E-state index contributed by atoms with van der Waals surface area (Å²) in [6, 6.07) is 0. The van der Waals surface area contributed by atoms with Crippen LogP contribution in [0, 0.1) is 0 Å². The van der Waals surface area contributed by atoms with Crippen LogP contribution in [-0.2, 0) is 31.6 Å². The van der Waals surface area contributed by atoms with Gasteiger partial charge in [-0.3, -0.25) is 17.5 Å². The number of hydrogen-bond donors (Lipinski definition) is 2. The summed E-state index contributed by atoms with van der Waals surface area (Å²) in [7, 11) is -5.90. The van der Waals surface area contributed by atoms with Crippen molar-refractivity contribution in [3.05, 3.63) is 0 Å². The molecule has 12 heteroatoms. The molecule has 64 valence electrons. The second kappa shape index (κ2) is 15.7. The Morgan fingerprint density at radius 1 is 0.833 bits per heavy atom. The molecule has 0 aromatic carbocycles. The average molecular weight is 256 g/mol. The van der Waals surface area contributed by atoms with Crippen LogP contribution < -0.4 is 59.1 Å². The molecule has 2 unspecified atom stereocenters. The normalized spacial score (nSPS) is 12.8. The van der Waals surface area contributed by atoms with Crippen LogP contribution in [0.25, 0.3) is 0 Å². The van der Waals surface area contributed by atoms with Crippen molar-refractivity contribution in [1.82, 2.24) is 0 Å². The monoisotopic (exact) mass is 256 g/mol. The van der Waals surface area contributed by atoms with E-state index in [1.807, 2.05) is 0 Å². The van der Waals surface area contributed by atoms with Crippen molar-refractivity contribution in [2.45, 2.75) is 0 Å². The molecule has 12 heavy (non-hydrogen) atoms. The molecule has 0 radical (unpaired) electrons. The van der Waals surface area contributed by atoms with Crippen molar-refractivity contribution < 1.29 is 90.0 Å². The van der Waals surface area contributed by atoms with Gasteiger partial charge >= 0.3 is 59.1 Å². The Morgan fingerprint density at radius 2 is 0.917 bits per heavy atom. The molecule has 0 aromatic rings. The maximum absolute atomic E-state index is 9.09. The van der Waals surface area contributed by atoms with Gasteiger partial charge < -0.3 is 9.11 Å². The van der Waals surface area contributed by atoms with Gasteiger partial charge in [-0.25, -0.2) is 0 Å². The smallest absolute Gasteiger partial charge is 0.763 e. The van der Waals surface area contributed by atoms with Gasteiger partial charge in [-0.05, 0) is 0 Å². The van der Waals surface area contributed by atoms with Crippen LogP contribution >= 0.6 is 0 Å². The first-order valence-corrected chi connectivity index (χ1v) is 5.10. The molecule has 0 amide bonds. The Bertz CT molecular complexity index is 139. The predicted molar refractivity (Wildman–Crippen MR) is 31.2 cm³/mol. The SMILES string of the molecule is O=S(O)O.O=S([O-])S(=O)[O-].[Na+].[Na+]. The maximum Gasteiger partial charge on any atom is 1.00 e. The standard InChI is InChI=1S/2Na.H2O4S2.H2O3S/c;;1-5(2)6(3)4;1-4(2)3/h;;(H,1,2)(H,3,4);(H2,1,2,3)/q2*+1;;/p-2. The fraction of sp³-hybridized carbons (Fsp3) is 0. The topological polar surface area (TPSA) is 138 Å². The van der Waals surface area contributed by atoms with Gasteiger partial charge in [-0.2, -0.15) is 4.21 Å². The van der Waals surface area contributed by atoms with E-state index in [-0.39, 0.29) is 59.1 Å². The van der Waals surface area contributed by atoms with Gasteiger partial charge in [0.05, 0.1) is 0 Å². The summed E-state index contributed by atoms with van der Waals surface area (Å²) in [5.41, 5.74) is 0. The molecule has 0 bridgehead atoms. The van der Waals surface area contributed by atoms with Gasteiger partial charge in [0.25, 0.3) is 11.4 Å². The van der Waals surface area contributed by atoms with Crippen LogP contribution in [0.5, 0.6) is 0 Å². The van der Waals surface area contributed by atoms with Gasteiger partial charge in [0.2, 0.25) is 0 Å². The van der Waals surface area contributed by atoms with Crippen molar-refractivity contribution in [3.8, 4) is 0 Å². The van der Waals surface area contributed by atoms with Crippen LogP contribution in [0.1, 0.15) is 0 Å². The zero-order valence-corrected chi connectivity index (χ0v) is 12.6. The summed E-state index contributed by atoms with van der Waals surface area (Å²) < 4.78 is 59.2. The Labute approximate surface area is 120 Å². The molecule has 0 heterocycles. The van der Waals surface area contributed by atoms with Crippen molar-refractivity contribution in [3.63, 3.8) is 0 Å². The van der Waals surface area contributed by atoms with E-state index in [1.54, 1.807) is 0 Å². The quantitative estimate of drug-likeness (QED) is 0.270. The summed E-state index contributed by atoms with van der Waals surface area (Å²) in [4.78, 5) is 0. The first kappa shape index (κ1) is 23.8. The Morgan fingerprint density at radius 3 is 0.917 bits per heavy atom. The molecule has 0 aliphatic carbocycles. The summed E-state index contributed by atoms with van der Waals surface area (Å²) in [5, 5.41) is 0. The first-order valence-electron chi connectivity index (χ1n) is 1.37. The molecule has 2 N–H and O–H groups in total. The van der Waals surface area contributed by atoms with Crippen LogP contribution in [0.15, 0.2) is 0 Å². The fourth-order valence-corrected chi connectivity index (χ4v) is 0. The Kier molecular flexibility index (Phi) is 31.3. The third-order valence-electron chi connectivity index (χ3n) is 0.111. The molecule has 0 aliphatic heterocycles. The van der Waals surface area contributed by atoms with E-state index in [0.29, 0.717) is 0 Å². The van der Waals surface area contributed by atoms with E-state index in [4.69, 9.17) is 30.8 Å². The number of hydrogen-bond acceptors (Lipinski definition) is 5. The van der Waals surface area contributed by atoms with Crippen molar-refractivity contribution in [2.24, 2.45) is 0 Å². The summed E-state index contributed by atoms with van der Waals surface area (Å²) in [5.74, 6) is 0. The largest absolute Gasteiger partial charge is 1.00 e. The zero-order chi connectivity index (χ0) is 8.73. The second-order valence-corrected chi connectivity index (χ2v) is 3.55. The minimum Gasteiger partial charge on any atom is -0.763 e. The molecule has 0 aromatic heterocycles. The molecule has 0 rings (SSSR count). The molecular formula is H2Na2O7S3. The van der Waals surface area contributed by atoms with E-state index in [2.05, 4.69) is 0 Å². The van der Waals surface area contributed by atoms with Gasteiger partial charge in [0.15, 0.2) is 0 Å². The molecule has 0 spiro atoms. The first-order chi connectivity index (χ1) is 4.37. The summed E-state index contributed by atoms with van der Waals surface area (Å²) >= 11 is -2.61. The summed E-state index contributed by atoms with van der Waals surface area (Å²) in [6.45, 7) is 0. The van der Waals surface area contributed by atoms with Crippen molar-refractivity contribution >= 4 is 31.6 Å². The third-order valence-corrected chi connectivity index (χ3v) is 1.00. The third kappa shape index (κ3) is 39.6. The average Bonchev–Trinajstić information content (AvgIpc) is 1.63. The van der Waals surface area contributed by atoms with Crippen LogP contribution in [0.2, 0.25) is 0 Å². The van der Waals surface area contributed by atoms with Crippen LogP contribution in [0.4, 0.5) is 0 Å². The van der Waals surface area contributed by atoms with Gasteiger partial charge in [-0.15, -0.1) is 0 Å². The predicted octanol–water partition coefficient (Wildman–Crippen LogP) is -7.65. The second-order valence-electron chi connectivity index (χ2n) is 0.639. The molecule has 7 nitrogen and oxygen atoms in total. The van der Waals surface area contributed by atoms with E-state index >= 15 is 0 Å². The van der Waals surface area contributed by atoms with Crippen LogP contribution in [0.3, 0.4) is 0 Å². The zero-order valence-electron chi connectivity index (χ0n) is 6.16. The molecule has 0 saturated heterocycles. The van der Waals surface area contributed by atoms with Crippen LogP contribution in [-0.4, -0.2) is 30.8 Å².